The Morgan fingerprint density at radius 2 is 1.97 bits per heavy atom. The first-order valence-corrected chi connectivity index (χ1v) is 10.7. The Labute approximate surface area is 181 Å². The van der Waals surface area contributed by atoms with E-state index in [4.69, 9.17) is 0 Å². The maximum atomic E-state index is 13.9. The first kappa shape index (κ1) is 19.6. The minimum atomic E-state index is -0.822. The van der Waals surface area contributed by atoms with E-state index in [1.54, 1.807) is 6.33 Å². The van der Waals surface area contributed by atoms with Gasteiger partial charge in [-0.05, 0) is 48.6 Å². The van der Waals surface area contributed by atoms with E-state index in [9.17, 15) is 13.6 Å². The maximum Gasteiger partial charge on any atom is 0.284 e. The number of hydrogen-bond donors (Lipinski definition) is 1. The SMILES string of the molecule is Cn1cncc1-c1ccc2c(c1)-c1sc(C(=O)Nc3c(F)cccc3F)nc1CCC2. The van der Waals surface area contributed by atoms with Crippen LogP contribution in [0.4, 0.5) is 14.5 Å². The van der Waals surface area contributed by atoms with Crippen LogP contribution in [-0.4, -0.2) is 20.4 Å². The molecular weight excluding hydrogens is 418 g/mol. The number of amides is 1. The molecule has 0 atom stereocenters. The Bertz CT molecular complexity index is 1290. The molecule has 1 aliphatic rings. The van der Waals surface area contributed by atoms with Crippen LogP contribution >= 0.6 is 11.3 Å². The molecular formula is C23H18F2N4OS. The number of benzene rings is 2. The second-order valence-electron chi connectivity index (χ2n) is 7.46. The van der Waals surface area contributed by atoms with Gasteiger partial charge in [-0.2, -0.15) is 0 Å². The van der Waals surface area contributed by atoms with E-state index in [-0.39, 0.29) is 5.01 Å². The largest absolute Gasteiger partial charge is 0.334 e. The fraction of sp³-hybridized carbons (Fsp3) is 0.174. The van der Waals surface area contributed by atoms with Crippen LogP contribution < -0.4 is 5.32 Å². The third-order valence-electron chi connectivity index (χ3n) is 5.42. The van der Waals surface area contributed by atoms with E-state index in [1.165, 1.54) is 23.0 Å². The average Bonchev–Trinajstić information content (AvgIpc) is 3.34. The zero-order valence-corrected chi connectivity index (χ0v) is 17.5. The summed E-state index contributed by atoms with van der Waals surface area (Å²) in [5.41, 5.74) is 4.63. The van der Waals surface area contributed by atoms with Gasteiger partial charge in [0.15, 0.2) is 5.01 Å². The fourth-order valence-electron chi connectivity index (χ4n) is 3.86. The van der Waals surface area contributed by atoms with Crippen molar-refractivity contribution < 1.29 is 13.6 Å². The summed E-state index contributed by atoms with van der Waals surface area (Å²) < 4.78 is 29.8. The van der Waals surface area contributed by atoms with Gasteiger partial charge in [-0.3, -0.25) is 4.79 Å². The molecule has 156 valence electrons. The number of carbonyl (C=O) groups is 1. The molecule has 1 N–H and O–H groups in total. The lowest BCUT2D eigenvalue weighted by Crippen LogP contribution is -2.14. The van der Waals surface area contributed by atoms with Gasteiger partial charge in [-0.25, -0.2) is 18.7 Å². The average molecular weight is 436 g/mol. The molecule has 2 heterocycles. The second-order valence-corrected chi connectivity index (χ2v) is 8.46. The van der Waals surface area contributed by atoms with Crippen molar-refractivity contribution in [2.24, 2.45) is 7.05 Å². The summed E-state index contributed by atoms with van der Waals surface area (Å²) in [6.45, 7) is 0. The summed E-state index contributed by atoms with van der Waals surface area (Å²) in [5, 5.41) is 2.52. The van der Waals surface area contributed by atoms with Crippen molar-refractivity contribution in [2.75, 3.05) is 5.32 Å². The van der Waals surface area contributed by atoms with E-state index >= 15 is 0 Å². The van der Waals surface area contributed by atoms with E-state index in [0.29, 0.717) is 0 Å². The molecule has 0 unspecified atom stereocenters. The lowest BCUT2D eigenvalue weighted by atomic mass is 10.00. The minimum Gasteiger partial charge on any atom is -0.334 e. The highest BCUT2D eigenvalue weighted by atomic mass is 32.1. The Hall–Kier alpha value is -3.39. The van der Waals surface area contributed by atoms with Crippen LogP contribution in [0.15, 0.2) is 48.9 Å². The molecule has 1 aliphatic carbocycles. The van der Waals surface area contributed by atoms with Gasteiger partial charge < -0.3 is 9.88 Å². The number of nitrogens with zero attached hydrogens (tertiary/aromatic N) is 3. The lowest BCUT2D eigenvalue weighted by molar-refractivity contribution is 0.102. The molecule has 8 heteroatoms. The van der Waals surface area contributed by atoms with Gasteiger partial charge >= 0.3 is 0 Å². The van der Waals surface area contributed by atoms with Crippen LogP contribution in [-0.2, 0) is 19.9 Å². The summed E-state index contributed by atoms with van der Waals surface area (Å²) in [7, 11) is 1.94. The molecule has 0 radical (unpaired) electrons. The number of fused-ring (bicyclic) bond motifs is 3. The van der Waals surface area contributed by atoms with Gasteiger partial charge in [0.05, 0.1) is 28.8 Å². The molecule has 0 aliphatic heterocycles. The molecule has 0 spiro atoms. The van der Waals surface area contributed by atoms with Crippen LogP contribution in [0, 0.1) is 11.6 Å². The number of rotatable bonds is 3. The molecule has 2 aromatic carbocycles. The molecule has 31 heavy (non-hydrogen) atoms. The highest BCUT2D eigenvalue weighted by Gasteiger charge is 2.24. The van der Waals surface area contributed by atoms with Crippen molar-refractivity contribution in [3.05, 3.63) is 76.8 Å². The Kier molecular flexibility index (Phi) is 4.86. The van der Waals surface area contributed by atoms with E-state index < -0.39 is 23.2 Å². The van der Waals surface area contributed by atoms with Crippen LogP contribution in [0.2, 0.25) is 0 Å². The predicted octanol–water partition coefficient (Wildman–Crippen LogP) is 5.23. The molecule has 5 nitrogen and oxygen atoms in total. The molecule has 0 saturated heterocycles. The first-order chi connectivity index (χ1) is 15.0. The summed E-state index contributed by atoms with van der Waals surface area (Å²) in [4.78, 5) is 22.4. The van der Waals surface area contributed by atoms with E-state index in [2.05, 4.69) is 33.5 Å². The molecule has 0 bridgehead atoms. The number of nitrogens with one attached hydrogen (secondary N) is 1. The highest BCUT2D eigenvalue weighted by molar-refractivity contribution is 7.17. The van der Waals surface area contributed by atoms with Gasteiger partial charge in [0, 0.05) is 12.6 Å². The Morgan fingerprint density at radius 3 is 2.71 bits per heavy atom. The summed E-state index contributed by atoms with van der Waals surface area (Å²) in [5.74, 6) is -2.26. The van der Waals surface area contributed by atoms with Gasteiger partial charge in [-0.1, -0.05) is 18.2 Å². The third kappa shape index (κ3) is 3.53. The number of carbonyl (C=O) groups excluding carboxylic acids is 1. The first-order valence-electron chi connectivity index (χ1n) is 9.86. The van der Waals surface area contributed by atoms with Crippen molar-refractivity contribution in [1.29, 1.82) is 0 Å². The van der Waals surface area contributed by atoms with Crippen molar-refractivity contribution in [1.82, 2.24) is 14.5 Å². The second kappa shape index (κ2) is 7.70. The predicted molar refractivity (Wildman–Crippen MR) is 116 cm³/mol. The van der Waals surface area contributed by atoms with E-state index in [1.807, 2.05) is 17.8 Å². The molecule has 1 amide bonds. The van der Waals surface area contributed by atoms with Crippen molar-refractivity contribution in [3.8, 4) is 21.7 Å². The fourth-order valence-corrected chi connectivity index (χ4v) is 4.92. The number of aryl methyl sites for hydroxylation is 3. The monoisotopic (exact) mass is 436 g/mol. The highest BCUT2D eigenvalue weighted by Crippen LogP contribution is 2.39. The summed E-state index contributed by atoms with van der Waals surface area (Å²) in [6.07, 6.45) is 6.14. The maximum absolute atomic E-state index is 13.9. The topological polar surface area (TPSA) is 59.8 Å². The third-order valence-corrected chi connectivity index (χ3v) is 6.55. The van der Waals surface area contributed by atoms with Crippen molar-refractivity contribution in [2.45, 2.75) is 19.3 Å². The van der Waals surface area contributed by atoms with Crippen LogP contribution in [0.1, 0.15) is 27.5 Å². The number of para-hydroxylation sites is 1. The van der Waals surface area contributed by atoms with Crippen LogP contribution in [0.5, 0.6) is 0 Å². The van der Waals surface area contributed by atoms with Gasteiger partial charge in [-0.15, -0.1) is 11.3 Å². The molecule has 2 aromatic heterocycles. The Morgan fingerprint density at radius 1 is 1.16 bits per heavy atom. The summed E-state index contributed by atoms with van der Waals surface area (Å²) >= 11 is 1.25. The Balaban J connectivity index is 1.53. The number of imidazole rings is 1. The van der Waals surface area contributed by atoms with Gasteiger partial charge in [0.25, 0.3) is 5.91 Å². The van der Waals surface area contributed by atoms with Crippen molar-refractivity contribution >= 4 is 22.9 Å². The number of anilines is 1. The number of aromatic nitrogens is 3. The smallest absolute Gasteiger partial charge is 0.284 e. The zero-order chi connectivity index (χ0) is 21.5. The lowest BCUT2D eigenvalue weighted by Gasteiger charge is -2.09. The van der Waals surface area contributed by atoms with Gasteiger partial charge in [0.2, 0.25) is 0 Å². The normalized spacial score (nSPS) is 12.7. The molecule has 0 saturated carbocycles. The quantitative estimate of drug-likeness (QED) is 0.478. The zero-order valence-electron chi connectivity index (χ0n) is 16.7. The number of thiazole rings is 1. The van der Waals surface area contributed by atoms with Crippen LogP contribution in [0.25, 0.3) is 21.7 Å². The molecule has 0 fully saturated rings. The minimum absolute atomic E-state index is 0.187. The molecule has 5 rings (SSSR count). The summed E-state index contributed by atoms with van der Waals surface area (Å²) in [6, 6.07) is 9.75. The van der Waals surface area contributed by atoms with Crippen molar-refractivity contribution in [3.63, 3.8) is 0 Å². The standard InChI is InChI=1S/C23H18F2N4OS/c1-29-12-26-11-19(29)14-9-8-13-4-2-7-18-21(15(13)10-14)31-23(27-18)22(30)28-20-16(24)5-3-6-17(20)25/h3,5-6,8-12H,2,4,7H2,1H3,(H,28,30). The number of halogens is 2. The van der Waals surface area contributed by atoms with Crippen LogP contribution in [0.3, 0.4) is 0 Å². The number of hydrogen-bond acceptors (Lipinski definition) is 4. The van der Waals surface area contributed by atoms with Gasteiger partial charge in [0.1, 0.15) is 17.3 Å². The van der Waals surface area contributed by atoms with E-state index in [0.717, 1.165) is 58.8 Å². The molecule has 4 aromatic rings.